The molecule has 1 atom stereocenters. The Hall–Kier alpha value is -2.56. The van der Waals surface area contributed by atoms with E-state index < -0.39 is 26.8 Å². The SMILES string of the molecule is COC(=O)C(=O)c1cn2c3c(cccc13)C(Br)CC2.COC(=O)C(=O)c1cn2c3c(cccc13)CCC2.ClC(Cl)(Cl)Cl. The number of aromatic nitrogens is 2. The first-order chi connectivity index (χ1) is 19.8. The van der Waals surface area contributed by atoms with Crippen LogP contribution >= 0.6 is 62.3 Å². The summed E-state index contributed by atoms with van der Waals surface area (Å²) in [4.78, 5) is 47.1. The molecule has 0 amide bonds. The number of alkyl halides is 5. The number of Topliss-reactive ketones (excluding diaryl/α,β-unsaturated/α-hetero) is 2. The van der Waals surface area contributed by atoms with Crippen molar-refractivity contribution in [2.24, 2.45) is 0 Å². The Balaban J connectivity index is 0.000000167. The summed E-state index contributed by atoms with van der Waals surface area (Å²) in [6.07, 6.45) is 6.57. The lowest BCUT2D eigenvalue weighted by molar-refractivity contribution is -0.135. The van der Waals surface area contributed by atoms with Gasteiger partial charge in [0, 0.05) is 41.1 Å². The van der Waals surface area contributed by atoms with Crippen LogP contribution in [-0.4, -0.2) is 50.1 Å². The molecule has 4 aromatic rings. The number of halogens is 5. The van der Waals surface area contributed by atoms with E-state index in [0.29, 0.717) is 16.0 Å². The molecule has 42 heavy (non-hydrogen) atoms. The second-order valence-corrected chi connectivity index (χ2v) is 14.0. The molecule has 2 aromatic heterocycles. The van der Waals surface area contributed by atoms with Crippen molar-refractivity contribution >= 4 is 108 Å². The van der Waals surface area contributed by atoms with Crippen molar-refractivity contribution in [2.75, 3.05) is 14.2 Å². The highest BCUT2D eigenvalue weighted by Gasteiger charge is 2.27. The summed E-state index contributed by atoms with van der Waals surface area (Å²) >= 11 is 23.0. The quantitative estimate of drug-likeness (QED) is 0.0949. The zero-order valence-electron chi connectivity index (χ0n) is 22.5. The number of ether oxygens (including phenoxy) is 2. The first kappa shape index (κ1) is 32.4. The van der Waals surface area contributed by atoms with E-state index >= 15 is 0 Å². The summed E-state index contributed by atoms with van der Waals surface area (Å²) in [6, 6.07) is 11.7. The van der Waals surface area contributed by atoms with Gasteiger partial charge in [-0.25, -0.2) is 9.59 Å². The Morgan fingerprint density at radius 3 is 1.86 bits per heavy atom. The van der Waals surface area contributed by atoms with Gasteiger partial charge in [0.15, 0.2) is 0 Å². The van der Waals surface area contributed by atoms with Gasteiger partial charge in [0.1, 0.15) is 0 Å². The lowest BCUT2D eigenvalue weighted by atomic mass is 10.0. The molecule has 2 aliphatic heterocycles. The van der Waals surface area contributed by atoms with Gasteiger partial charge >= 0.3 is 11.9 Å². The van der Waals surface area contributed by atoms with Gasteiger partial charge in [0.2, 0.25) is 0 Å². The molecule has 8 nitrogen and oxygen atoms in total. The average Bonchev–Trinajstić information content (AvgIpc) is 3.54. The molecule has 0 bridgehead atoms. The Labute approximate surface area is 269 Å². The van der Waals surface area contributed by atoms with Crippen LogP contribution in [-0.2, 0) is 38.6 Å². The second-order valence-electron chi connectivity index (χ2n) is 9.46. The number of benzene rings is 2. The van der Waals surface area contributed by atoms with E-state index in [1.165, 1.54) is 19.8 Å². The van der Waals surface area contributed by atoms with Crippen molar-refractivity contribution in [1.82, 2.24) is 9.13 Å². The maximum Gasteiger partial charge on any atom is 0.379 e. The molecule has 0 spiro atoms. The molecule has 13 heteroatoms. The van der Waals surface area contributed by atoms with Crippen molar-refractivity contribution in [3.05, 3.63) is 71.0 Å². The van der Waals surface area contributed by atoms with Crippen LogP contribution in [0.2, 0.25) is 0 Å². The number of hydrogen-bond donors (Lipinski definition) is 0. The molecule has 2 aromatic carbocycles. The second kappa shape index (κ2) is 13.4. The van der Waals surface area contributed by atoms with Crippen LogP contribution in [0, 0.1) is 0 Å². The smallest absolute Gasteiger partial charge is 0.379 e. The zero-order chi connectivity index (χ0) is 30.8. The molecule has 4 heterocycles. The summed E-state index contributed by atoms with van der Waals surface area (Å²) in [5.74, 6) is -2.78. The fourth-order valence-corrected chi connectivity index (χ4v) is 5.82. The first-order valence-electron chi connectivity index (χ1n) is 12.7. The average molecular weight is 719 g/mol. The maximum absolute atomic E-state index is 12.0. The van der Waals surface area contributed by atoms with E-state index in [-0.39, 0.29) is 0 Å². The number of carbonyl (C=O) groups is 4. The molecule has 1 unspecified atom stereocenters. The standard InChI is InChI=1S/C14H12BrNO3.C14H13NO3.CCl4/c1-19-14(18)13(17)10-7-16-6-5-11(15)9-4-2-3-8(10)12(9)16;1-18-14(17)13(16)11-8-15-7-3-5-9-4-2-6-10(11)12(9)15;2-1(3,4)5/h2-4,7,11H,5-6H2,1H3;2,4,6,8H,3,5,7H2,1H3;. The van der Waals surface area contributed by atoms with Crippen LogP contribution in [0.1, 0.15) is 49.5 Å². The molecular weight excluding hydrogens is 694 g/mol. The number of rotatable bonds is 4. The van der Waals surface area contributed by atoms with Crippen LogP contribution in [0.25, 0.3) is 21.8 Å². The molecule has 222 valence electrons. The van der Waals surface area contributed by atoms with Gasteiger partial charge in [0.05, 0.1) is 36.4 Å². The monoisotopic (exact) mass is 716 g/mol. The molecular formula is C29H25BrCl4N2O6. The van der Waals surface area contributed by atoms with E-state index in [9.17, 15) is 19.2 Å². The van der Waals surface area contributed by atoms with Crippen molar-refractivity contribution in [3.8, 4) is 0 Å². The molecule has 0 aliphatic carbocycles. The largest absolute Gasteiger partial charge is 0.463 e. The fourth-order valence-electron chi connectivity index (χ4n) is 5.25. The van der Waals surface area contributed by atoms with Crippen molar-refractivity contribution in [3.63, 3.8) is 0 Å². The first-order valence-corrected chi connectivity index (χ1v) is 15.2. The number of esters is 2. The number of aryl methyl sites for hydroxylation is 3. The fraction of sp³-hybridized carbons (Fsp3) is 0.310. The van der Waals surface area contributed by atoms with Crippen molar-refractivity contribution in [1.29, 1.82) is 0 Å². The summed E-state index contributed by atoms with van der Waals surface area (Å²) in [5, 5.41) is 1.67. The summed E-state index contributed by atoms with van der Waals surface area (Å²) < 4.78 is 11.5. The number of carbonyl (C=O) groups excluding carboxylic acids is 4. The van der Waals surface area contributed by atoms with E-state index in [0.717, 1.165) is 59.7 Å². The number of ketones is 2. The van der Waals surface area contributed by atoms with Gasteiger partial charge in [-0.2, -0.15) is 0 Å². The molecule has 0 radical (unpaired) electrons. The summed E-state index contributed by atoms with van der Waals surface area (Å²) in [5.41, 5.74) is 5.38. The summed E-state index contributed by atoms with van der Waals surface area (Å²) in [7, 11) is 2.44. The number of nitrogens with zero attached hydrogens (tertiary/aromatic N) is 2. The summed E-state index contributed by atoms with van der Waals surface area (Å²) in [6.45, 7) is 1.72. The topological polar surface area (TPSA) is 96.6 Å². The van der Waals surface area contributed by atoms with Gasteiger partial charge in [0.25, 0.3) is 14.8 Å². The Bertz CT molecular complexity index is 1680. The third-order valence-electron chi connectivity index (χ3n) is 6.95. The van der Waals surface area contributed by atoms with Gasteiger partial charge < -0.3 is 18.6 Å². The lowest BCUT2D eigenvalue weighted by Crippen LogP contribution is -2.15. The molecule has 2 aliphatic rings. The van der Waals surface area contributed by atoms with E-state index in [1.807, 2.05) is 34.9 Å². The highest BCUT2D eigenvalue weighted by Crippen LogP contribution is 2.39. The van der Waals surface area contributed by atoms with Crippen LogP contribution in [0.4, 0.5) is 0 Å². The molecule has 0 fully saturated rings. The van der Waals surface area contributed by atoms with Gasteiger partial charge in [-0.3, -0.25) is 9.59 Å². The maximum atomic E-state index is 12.0. The minimum atomic E-state index is -1.61. The highest BCUT2D eigenvalue weighted by atomic mass is 79.9. The van der Waals surface area contributed by atoms with Crippen LogP contribution in [0.5, 0.6) is 0 Å². The van der Waals surface area contributed by atoms with Gasteiger partial charge in [-0.15, -0.1) is 0 Å². The van der Waals surface area contributed by atoms with E-state index in [2.05, 4.69) is 36.0 Å². The molecule has 0 saturated heterocycles. The lowest BCUT2D eigenvalue weighted by Gasteiger charge is -2.20. The van der Waals surface area contributed by atoms with E-state index in [1.54, 1.807) is 12.4 Å². The minimum absolute atomic E-state index is 0.291. The Kier molecular flexibility index (Phi) is 10.3. The van der Waals surface area contributed by atoms with Crippen molar-refractivity contribution in [2.45, 2.75) is 40.4 Å². The third kappa shape index (κ3) is 6.97. The predicted octanol–water partition coefficient (Wildman–Crippen LogP) is 7.33. The highest BCUT2D eigenvalue weighted by molar-refractivity contribution is 9.09. The molecule has 0 N–H and O–H groups in total. The van der Waals surface area contributed by atoms with Crippen molar-refractivity contribution < 1.29 is 28.7 Å². The Morgan fingerprint density at radius 2 is 1.31 bits per heavy atom. The molecule has 6 rings (SSSR count). The Morgan fingerprint density at radius 1 is 0.810 bits per heavy atom. The predicted molar refractivity (Wildman–Crippen MR) is 167 cm³/mol. The number of hydrogen-bond acceptors (Lipinski definition) is 6. The van der Waals surface area contributed by atoms with E-state index in [4.69, 9.17) is 46.4 Å². The molecule has 0 saturated carbocycles. The third-order valence-corrected chi connectivity index (χ3v) is 7.90. The van der Waals surface area contributed by atoms with Crippen LogP contribution in [0.15, 0.2) is 48.8 Å². The van der Waals surface area contributed by atoms with Crippen LogP contribution < -0.4 is 0 Å². The number of para-hydroxylation sites is 2. The number of methoxy groups -OCH3 is 2. The van der Waals surface area contributed by atoms with Gasteiger partial charge in [-0.05, 0) is 30.4 Å². The van der Waals surface area contributed by atoms with Crippen LogP contribution in [0.3, 0.4) is 0 Å². The van der Waals surface area contributed by atoms with Gasteiger partial charge in [-0.1, -0.05) is 98.7 Å². The zero-order valence-corrected chi connectivity index (χ0v) is 27.1. The minimum Gasteiger partial charge on any atom is -0.463 e. The normalized spacial score (nSPS) is 15.2.